The van der Waals surface area contributed by atoms with Gasteiger partial charge in [0.15, 0.2) is 0 Å². The van der Waals surface area contributed by atoms with E-state index in [0.29, 0.717) is 25.3 Å². The number of hydrogen-bond donors (Lipinski definition) is 1. The SMILES string of the molecule is CC(C)CCC(=O)N1CCc2cc(S(N)(=O)=O)ccc21. The van der Waals surface area contributed by atoms with Gasteiger partial charge in [0, 0.05) is 18.7 Å². The van der Waals surface area contributed by atoms with Crippen molar-refractivity contribution >= 4 is 21.6 Å². The molecule has 1 heterocycles. The lowest BCUT2D eigenvalue weighted by molar-refractivity contribution is -0.118. The summed E-state index contributed by atoms with van der Waals surface area (Å²) in [6.07, 6.45) is 2.06. The highest BCUT2D eigenvalue weighted by molar-refractivity contribution is 7.89. The standard InChI is InChI=1S/C14H20N2O3S/c1-10(2)3-6-14(17)16-8-7-11-9-12(20(15,18)19)4-5-13(11)16/h4-5,9-10H,3,6-8H2,1-2H3,(H2,15,18,19). The Bertz CT molecular complexity index is 623. The highest BCUT2D eigenvalue weighted by atomic mass is 32.2. The molecule has 6 heteroatoms. The topological polar surface area (TPSA) is 80.5 Å². The van der Waals surface area contributed by atoms with Gasteiger partial charge in [-0.25, -0.2) is 13.6 Å². The summed E-state index contributed by atoms with van der Waals surface area (Å²) in [5, 5.41) is 5.12. The highest BCUT2D eigenvalue weighted by Gasteiger charge is 2.25. The van der Waals surface area contributed by atoms with Crippen LogP contribution in [-0.4, -0.2) is 20.9 Å². The molecule has 0 aliphatic carbocycles. The van der Waals surface area contributed by atoms with Gasteiger partial charge in [-0.2, -0.15) is 0 Å². The number of hydrogen-bond acceptors (Lipinski definition) is 3. The normalized spacial score (nSPS) is 14.7. The van der Waals surface area contributed by atoms with Crippen LogP contribution in [0.5, 0.6) is 0 Å². The number of rotatable bonds is 4. The van der Waals surface area contributed by atoms with Crippen LogP contribution in [0.3, 0.4) is 0 Å². The number of sulfonamides is 1. The zero-order valence-electron chi connectivity index (χ0n) is 11.8. The Labute approximate surface area is 119 Å². The minimum atomic E-state index is -3.69. The van der Waals surface area contributed by atoms with E-state index in [1.165, 1.54) is 6.07 Å². The van der Waals surface area contributed by atoms with Crippen LogP contribution in [0.25, 0.3) is 0 Å². The van der Waals surface area contributed by atoms with E-state index in [1.807, 2.05) is 0 Å². The monoisotopic (exact) mass is 296 g/mol. The molecular weight excluding hydrogens is 276 g/mol. The van der Waals surface area contributed by atoms with Gasteiger partial charge in [-0.05, 0) is 42.5 Å². The molecule has 0 saturated heterocycles. The third-order valence-corrected chi connectivity index (χ3v) is 4.42. The fourth-order valence-electron chi connectivity index (χ4n) is 2.36. The molecule has 1 aliphatic heterocycles. The van der Waals surface area contributed by atoms with Crippen LogP contribution in [-0.2, 0) is 21.2 Å². The molecule has 1 amide bonds. The molecular formula is C14H20N2O3S. The molecule has 5 nitrogen and oxygen atoms in total. The molecule has 0 atom stereocenters. The van der Waals surface area contributed by atoms with E-state index in [-0.39, 0.29) is 10.8 Å². The zero-order valence-corrected chi connectivity index (χ0v) is 12.6. The lowest BCUT2D eigenvalue weighted by Crippen LogP contribution is -2.28. The van der Waals surface area contributed by atoms with Crippen molar-refractivity contribution in [1.82, 2.24) is 0 Å². The Kier molecular flexibility index (Phi) is 4.15. The maximum Gasteiger partial charge on any atom is 0.238 e. The fraction of sp³-hybridized carbons (Fsp3) is 0.500. The molecule has 0 radical (unpaired) electrons. The predicted octanol–water partition coefficient (Wildman–Crippen LogP) is 1.66. The lowest BCUT2D eigenvalue weighted by atomic mass is 10.1. The summed E-state index contributed by atoms with van der Waals surface area (Å²) in [6.45, 7) is 4.79. The van der Waals surface area contributed by atoms with Crippen molar-refractivity contribution in [3.8, 4) is 0 Å². The number of carbonyl (C=O) groups excluding carboxylic acids is 1. The third kappa shape index (κ3) is 3.19. The summed E-state index contributed by atoms with van der Waals surface area (Å²) >= 11 is 0. The summed E-state index contributed by atoms with van der Waals surface area (Å²) < 4.78 is 22.6. The first kappa shape index (κ1) is 15.0. The highest BCUT2D eigenvalue weighted by Crippen LogP contribution is 2.30. The quantitative estimate of drug-likeness (QED) is 0.917. The average molecular weight is 296 g/mol. The molecule has 0 aromatic heterocycles. The van der Waals surface area contributed by atoms with E-state index < -0.39 is 10.0 Å². The molecule has 0 bridgehead atoms. The third-order valence-electron chi connectivity index (χ3n) is 3.51. The predicted molar refractivity (Wildman–Crippen MR) is 77.9 cm³/mol. The van der Waals surface area contributed by atoms with Crippen LogP contribution in [0.15, 0.2) is 23.1 Å². The summed E-state index contributed by atoms with van der Waals surface area (Å²) in [6, 6.07) is 4.71. The summed E-state index contributed by atoms with van der Waals surface area (Å²) in [4.78, 5) is 14.0. The first-order valence-electron chi connectivity index (χ1n) is 6.75. The van der Waals surface area contributed by atoms with Crippen LogP contribution >= 0.6 is 0 Å². The molecule has 2 rings (SSSR count). The Hall–Kier alpha value is -1.40. The minimum Gasteiger partial charge on any atom is -0.312 e. The number of amides is 1. The van der Waals surface area contributed by atoms with Gasteiger partial charge in [-0.1, -0.05) is 13.8 Å². The van der Waals surface area contributed by atoms with Crippen molar-refractivity contribution in [3.63, 3.8) is 0 Å². The van der Waals surface area contributed by atoms with Gasteiger partial charge in [-0.15, -0.1) is 0 Å². The Morgan fingerprint density at radius 1 is 1.40 bits per heavy atom. The lowest BCUT2D eigenvalue weighted by Gasteiger charge is -2.18. The molecule has 2 N–H and O–H groups in total. The molecule has 1 aliphatic rings. The molecule has 1 aromatic carbocycles. The van der Waals surface area contributed by atoms with Crippen LogP contribution < -0.4 is 10.0 Å². The molecule has 0 spiro atoms. The fourth-order valence-corrected chi connectivity index (χ4v) is 2.93. The molecule has 0 unspecified atom stereocenters. The molecule has 1 aromatic rings. The first-order valence-corrected chi connectivity index (χ1v) is 8.30. The first-order chi connectivity index (χ1) is 9.29. The number of fused-ring (bicyclic) bond motifs is 1. The van der Waals surface area contributed by atoms with Crippen LogP contribution in [0.1, 0.15) is 32.3 Å². The number of primary sulfonamides is 1. The van der Waals surface area contributed by atoms with Crippen LogP contribution in [0.2, 0.25) is 0 Å². The Morgan fingerprint density at radius 2 is 2.10 bits per heavy atom. The number of nitrogens with zero attached hydrogens (tertiary/aromatic N) is 1. The second-order valence-electron chi connectivity index (χ2n) is 5.56. The van der Waals surface area contributed by atoms with Gasteiger partial charge >= 0.3 is 0 Å². The maximum atomic E-state index is 12.2. The van der Waals surface area contributed by atoms with Gasteiger partial charge in [0.05, 0.1) is 4.90 Å². The number of anilines is 1. The zero-order chi connectivity index (χ0) is 14.9. The largest absolute Gasteiger partial charge is 0.312 e. The summed E-state index contributed by atoms with van der Waals surface area (Å²) in [5.74, 6) is 0.589. The van der Waals surface area contributed by atoms with Crippen molar-refractivity contribution < 1.29 is 13.2 Å². The molecule has 0 fully saturated rings. The summed E-state index contributed by atoms with van der Waals surface area (Å²) in [7, 11) is -3.69. The Balaban J connectivity index is 2.20. The van der Waals surface area contributed by atoms with Crippen molar-refractivity contribution in [3.05, 3.63) is 23.8 Å². The average Bonchev–Trinajstić information content (AvgIpc) is 2.77. The van der Waals surface area contributed by atoms with E-state index in [1.54, 1.807) is 17.0 Å². The second kappa shape index (κ2) is 5.54. The number of nitrogens with two attached hydrogens (primary N) is 1. The van der Waals surface area contributed by atoms with E-state index in [0.717, 1.165) is 17.7 Å². The van der Waals surface area contributed by atoms with E-state index >= 15 is 0 Å². The second-order valence-corrected chi connectivity index (χ2v) is 7.12. The van der Waals surface area contributed by atoms with Gasteiger partial charge < -0.3 is 4.90 Å². The van der Waals surface area contributed by atoms with Gasteiger partial charge in [-0.3, -0.25) is 4.79 Å². The van der Waals surface area contributed by atoms with Crippen molar-refractivity contribution in [2.24, 2.45) is 11.1 Å². The molecule has 20 heavy (non-hydrogen) atoms. The van der Waals surface area contributed by atoms with Crippen LogP contribution in [0.4, 0.5) is 5.69 Å². The van der Waals surface area contributed by atoms with Crippen molar-refractivity contribution in [2.45, 2.75) is 38.0 Å². The Morgan fingerprint density at radius 3 is 2.70 bits per heavy atom. The summed E-state index contributed by atoms with van der Waals surface area (Å²) in [5.41, 5.74) is 1.68. The smallest absolute Gasteiger partial charge is 0.238 e. The van der Waals surface area contributed by atoms with Crippen molar-refractivity contribution in [1.29, 1.82) is 0 Å². The van der Waals surface area contributed by atoms with Gasteiger partial charge in [0.25, 0.3) is 0 Å². The number of benzene rings is 1. The van der Waals surface area contributed by atoms with Gasteiger partial charge in [0.2, 0.25) is 15.9 Å². The van der Waals surface area contributed by atoms with Gasteiger partial charge in [0.1, 0.15) is 0 Å². The van der Waals surface area contributed by atoms with Crippen molar-refractivity contribution in [2.75, 3.05) is 11.4 Å². The minimum absolute atomic E-state index is 0.0980. The maximum absolute atomic E-state index is 12.2. The van der Waals surface area contributed by atoms with Crippen LogP contribution in [0, 0.1) is 5.92 Å². The molecule has 110 valence electrons. The van der Waals surface area contributed by atoms with E-state index in [9.17, 15) is 13.2 Å². The molecule has 0 saturated carbocycles. The van der Waals surface area contributed by atoms with E-state index in [4.69, 9.17) is 5.14 Å². The number of carbonyl (C=O) groups is 1. The van der Waals surface area contributed by atoms with E-state index in [2.05, 4.69) is 13.8 Å².